The molecule has 1 aromatic heterocycles. The van der Waals surface area contributed by atoms with E-state index in [9.17, 15) is 12.8 Å². The van der Waals surface area contributed by atoms with Crippen molar-refractivity contribution in [1.82, 2.24) is 9.88 Å². The number of aryl methyl sites for hydroxylation is 1. The smallest absolute Gasteiger partial charge is 0.266 e. The number of anilines is 2. The van der Waals surface area contributed by atoms with Crippen LogP contribution < -0.4 is 10.0 Å². The maximum atomic E-state index is 15.0. The third-order valence-electron chi connectivity index (χ3n) is 7.29. The number of thiazole rings is 1. The van der Waals surface area contributed by atoms with Crippen LogP contribution in [-0.2, 0) is 10.0 Å². The topological polar surface area (TPSA) is 74.3 Å². The first-order chi connectivity index (χ1) is 14.9. The molecular weight excluding hydrogens is 435 g/mol. The summed E-state index contributed by atoms with van der Waals surface area (Å²) < 4.78 is 42.6. The number of hydrogen-bond acceptors (Lipinski definition) is 6. The van der Waals surface area contributed by atoms with E-state index in [1.165, 1.54) is 69.9 Å². The van der Waals surface area contributed by atoms with Crippen LogP contribution in [-0.4, -0.2) is 43.5 Å². The summed E-state index contributed by atoms with van der Waals surface area (Å²) >= 11 is 1.16. The van der Waals surface area contributed by atoms with Crippen LogP contribution in [0.3, 0.4) is 0 Å². The average molecular weight is 465 g/mol. The van der Waals surface area contributed by atoms with Gasteiger partial charge in [0.1, 0.15) is 10.7 Å². The number of sulfonamides is 1. The minimum absolute atomic E-state index is 0.227. The average Bonchev–Trinajstić information content (AvgIpc) is 3.11. The molecule has 2 N–H and O–H groups in total. The molecule has 1 saturated heterocycles. The number of nitrogens with zero attached hydrogens (tertiary/aromatic N) is 2. The summed E-state index contributed by atoms with van der Waals surface area (Å²) in [4.78, 5) is 6.23. The number of aromatic nitrogens is 1. The highest BCUT2D eigenvalue weighted by Gasteiger charge is 2.61. The van der Waals surface area contributed by atoms with Crippen molar-refractivity contribution in [3.05, 3.63) is 35.1 Å². The molecule has 1 aliphatic heterocycles. The zero-order valence-electron chi connectivity index (χ0n) is 17.7. The molecular formula is C22H29FN4O2S2. The molecule has 168 valence electrons. The summed E-state index contributed by atoms with van der Waals surface area (Å²) in [5.41, 5.74) is 1.71. The Morgan fingerprint density at radius 1 is 1.23 bits per heavy atom. The maximum absolute atomic E-state index is 15.0. The fraction of sp³-hybridized carbons (Fsp3) is 0.591. The second-order valence-electron chi connectivity index (χ2n) is 9.18. The van der Waals surface area contributed by atoms with Gasteiger partial charge in [-0.05, 0) is 69.8 Å². The largest absolute Gasteiger partial charge is 0.381 e. The van der Waals surface area contributed by atoms with Crippen molar-refractivity contribution in [1.29, 1.82) is 0 Å². The molecule has 2 aliphatic carbocycles. The van der Waals surface area contributed by atoms with E-state index in [-0.39, 0.29) is 15.4 Å². The summed E-state index contributed by atoms with van der Waals surface area (Å²) in [5, 5.41) is 5.52. The minimum atomic E-state index is -4.03. The monoisotopic (exact) mass is 464 g/mol. The Bertz CT molecular complexity index is 1050. The molecule has 3 fully saturated rings. The van der Waals surface area contributed by atoms with E-state index in [1.807, 2.05) is 6.92 Å². The van der Waals surface area contributed by atoms with Crippen LogP contribution in [0.15, 0.2) is 28.6 Å². The molecule has 1 spiro atoms. The number of benzene rings is 1. The SMILES string of the molecule is Cc1cc(S(=O)(=O)Nc2nccs2)c(F)cc1NC1CCCCC12CC2N1CCCC1. The third-order valence-corrected chi connectivity index (χ3v) is 9.46. The van der Waals surface area contributed by atoms with E-state index in [0.29, 0.717) is 17.8 Å². The van der Waals surface area contributed by atoms with E-state index in [0.717, 1.165) is 23.3 Å². The van der Waals surface area contributed by atoms with Gasteiger partial charge >= 0.3 is 0 Å². The van der Waals surface area contributed by atoms with Crippen molar-refractivity contribution in [3.63, 3.8) is 0 Å². The highest BCUT2D eigenvalue weighted by molar-refractivity contribution is 7.93. The second-order valence-corrected chi connectivity index (χ2v) is 11.7. The van der Waals surface area contributed by atoms with Gasteiger partial charge in [0.15, 0.2) is 5.13 Å². The fourth-order valence-electron chi connectivity index (χ4n) is 5.62. The zero-order valence-corrected chi connectivity index (χ0v) is 19.4. The van der Waals surface area contributed by atoms with Crippen molar-refractivity contribution in [2.24, 2.45) is 5.41 Å². The molecule has 2 saturated carbocycles. The molecule has 2 heterocycles. The second kappa shape index (κ2) is 8.01. The zero-order chi connectivity index (χ0) is 21.6. The molecule has 3 atom stereocenters. The van der Waals surface area contributed by atoms with Crippen molar-refractivity contribution in [3.8, 4) is 0 Å². The van der Waals surface area contributed by atoms with Crippen molar-refractivity contribution in [2.45, 2.75) is 68.8 Å². The quantitative estimate of drug-likeness (QED) is 0.654. The Morgan fingerprint density at radius 2 is 2.03 bits per heavy atom. The van der Waals surface area contributed by atoms with Crippen molar-refractivity contribution in [2.75, 3.05) is 23.1 Å². The lowest BCUT2D eigenvalue weighted by Gasteiger charge is -2.36. The van der Waals surface area contributed by atoms with Gasteiger partial charge in [-0.2, -0.15) is 0 Å². The first kappa shape index (κ1) is 21.2. The molecule has 31 heavy (non-hydrogen) atoms. The summed E-state index contributed by atoms with van der Waals surface area (Å²) in [6, 6.07) is 3.72. The Morgan fingerprint density at radius 3 is 2.77 bits per heavy atom. The van der Waals surface area contributed by atoms with Gasteiger partial charge in [-0.25, -0.2) is 17.8 Å². The number of likely N-dealkylation sites (tertiary alicyclic amines) is 1. The lowest BCUT2D eigenvalue weighted by atomic mass is 9.80. The first-order valence-corrected chi connectivity index (χ1v) is 13.5. The highest BCUT2D eigenvalue weighted by Crippen LogP contribution is 2.60. The van der Waals surface area contributed by atoms with Crippen LogP contribution in [0.25, 0.3) is 0 Å². The van der Waals surface area contributed by atoms with Gasteiger partial charge in [-0.3, -0.25) is 9.62 Å². The summed E-state index contributed by atoms with van der Waals surface area (Å²) in [5.74, 6) is -0.742. The Labute approximate surface area is 187 Å². The normalized spacial score (nSPS) is 28.7. The summed E-state index contributed by atoms with van der Waals surface area (Å²) in [6.07, 6.45) is 10.0. The lowest BCUT2D eigenvalue weighted by molar-refractivity contribution is 0.214. The van der Waals surface area contributed by atoms with Crippen molar-refractivity contribution >= 4 is 32.2 Å². The Kier molecular flexibility index (Phi) is 5.46. The number of rotatable bonds is 6. The molecule has 0 amide bonds. The lowest BCUT2D eigenvalue weighted by Crippen LogP contribution is -2.40. The fourth-order valence-corrected chi connectivity index (χ4v) is 7.55. The number of nitrogens with one attached hydrogen (secondary N) is 2. The van der Waals surface area contributed by atoms with Crippen LogP contribution in [0.4, 0.5) is 15.2 Å². The van der Waals surface area contributed by atoms with Gasteiger partial charge in [-0.1, -0.05) is 12.8 Å². The first-order valence-electron chi connectivity index (χ1n) is 11.1. The molecule has 1 aromatic carbocycles. The third kappa shape index (κ3) is 3.96. The molecule has 0 radical (unpaired) electrons. The predicted octanol–water partition coefficient (Wildman–Crippen LogP) is 4.60. The van der Waals surface area contributed by atoms with Crippen LogP contribution in [0, 0.1) is 18.2 Å². The molecule has 2 aromatic rings. The summed E-state index contributed by atoms with van der Waals surface area (Å²) in [6.45, 7) is 4.24. The van der Waals surface area contributed by atoms with Gasteiger partial charge in [-0.15, -0.1) is 11.3 Å². The van der Waals surface area contributed by atoms with Gasteiger partial charge in [0.25, 0.3) is 10.0 Å². The molecule has 0 bridgehead atoms. The van der Waals surface area contributed by atoms with E-state index in [4.69, 9.17) is 0 Å². The highest BCUT2D eigenvalue weighted by atomic mass is 32.2. The predicted molar refractivity (Wildman–Crippen MR) is 122 cm³/mol. The van der Waals surface area contributed by atoms with E-state index in [2.05, 4.69) is 19.9 Å². The van der Waals surface area contributed by atoms with Crippen molar-refractivity contribution < 1.29 is 12.8 Å². The molecule has 6 nitrogen and oxygen atoms in total. The van der Waals surface area contributed by atoms with Gasteiger partial charge < -0.3 is 5.32 Å². The van der Waals surface area contributed by atoms with Crippen LogP contribution >= 0.6 is 11.3 Å². The molecule has 9 heteroatoms. The van der Waals surface area contributed by atoms with E-state index in [1.54, 1.807) is 5.38 Å². The van der Waals surface area contributed by atoms with E-state index < -0.39 is 15.8 Å². The Balaban J connectivity index is 1.36. The van der Waals surface area contributed by atoms with Crippen LogP contribution in [0.5, 0.6) is 0 Å². The number of hydrogen-bond donors (Lipinski definition) is 2. The molecule has 3 aliphatic rings. The van der Waals surface area contributed by atoms with E-state index >= 15 is 0 Å². The van der Waals surface area contributed by atoms with Crippen LogP contribution in [0.1, 0.15) is 50.5 Å². The molecule has 5 rings (SSSR count). The standard InChI is InChI=1S/C22H29FN4O2S2/c1-15-12-18(31(28,29)26-21-24-8-11-30-21)16(23)13-17(15)25-19-6-2-3-7-22(19)14-20(22)27-9-4-5-10-27/h8,11-13,19-20,25H,2-7,9-10,14H2,1H3,(H,24,26). The van der Waals surface area contributed by atoms with Gasteiger partial charge in [0.2, 0.25) is 0 Å². The summed E-state index contributed by atoms with van der Waals surface area (Å²) in [7, 11) is -4.03. The molecule has 3 unspecified atom stereocenters. The Hall–Kier alpha value is -1.71. The maximum Gasteiger partial charge on any atom is 0.266 e. The van der Waals surface area contributed by atoms with Gasteiger partial charge in [0, 0.05) is 34.8 Å². The number of halogens is 1. The van der Waals surface area contributed by atoms with Crippen LogP contribution in [0.2, 0.25) is 0 Å². The van der Waals surface area contributed by atoms with Gasteiger partial charge in [0.05, 0.1) is 0 Å². The minimum Gasteiger partial charge on any atom is -0.381 e.